The molecule has 0 atom stereocenters. The normalized spacial score (nSPS) is 13.9. The molecule has 2 aromatic carbocycles. The average Bonchev–Trinajstić information content (AvgIpc) is 3.43. The Labute approximate surface area is 158 Å². The van der Waals surface area contributed by atoms with E-state index in [4.69, 9.17) is 0 Å². The van der Waals surface area contributed by atoms with Gasteiger partial charge in [-0.2, -0.15) is 0 Å². The van der Waals surface area contributed by atoms with Crippen molar-refractivity contribution in [2.24, 2.45) is 0 Å². The van der Waals surface area contributed by atoms with Gasteiger partial charge in [-0.05, 0) is 55.2 Å². The van der Waals surface area contributed by atoms with Gasteiger partial charge in [-0.25, -0.2) is 8.42 Å². The molecule has 0 aliphatic heterocycles. The van der Waals surface area contributed by atoms with Crippen LogP contribution in [0.3, 0.4) is 0 Å². The predicted molar refractivity (Wildman–Crippen MR) is 102 cm³/mol. The Bertz CT molecular complexity index is 978. The molecule has 2 amide bonds. The molecule has 1 saturated carbocycles. The fourth-order valence-electron chi connectivity index (χ4n) is 2.62. The number of amides is 2. The van der Waals surface area contributed by atoms with Gasteiger partial charge < -0.3 is 10.6 Å². The van der Waals surface area contributed by atoms with Crippen molar-refractivity contribution in [3.05, 3.63) is 64.7 Å². The molecular formula is C20H22N2O4S. The second-order valence-electron chi connectivity index (χ2n) is 6.88. The number of sulfone groups is 1. The molecule has 7 heteroatoms. The van der Waals surface area contributed by atoms with E-state index in [1.54, 1.807) is 37.3 Å². The van der Waals surface area contributed by atoms with Gasteiger partial charge in [0.2, 0.25) is 0 Å². The lowest BCUT2D eigenvalue weighted by Gasteiger charge is -2.10. The highest BCUT2D eigenvalue weighted by Gasteiger charge is 2.23. The van der Waals surface area contributed by atoms with Crippen LogP contribution in [-0.2, 0) is 16.4 Å². The molecular weight excluding hydrogens is 364 g/mol. The van der Waals surface area contributed by atoms with Gasteiger partial charge in [-0.1, -0.05) is 18.2 Å². The first-order valence-electron chi connectivity index (χ1n) is 8.73. The van der Waals surface area contributed by atoms with Gasteiger partial charge in [0.15, 0.2) is 9.84 Å². The Morgan fingerprint density at radius 3 is 2.30 bits per heavy atom. The van der Waals surface area contributed by atoms with Crippen LogP contribution in [0.2, 0.25) is 0 Å². The summed E-state index contributed by atoms with van der Waals surface area (Å²) in [4.78, 5) is 24.5. The Balaban J connectivity index is 1.64. The van der Waals surface area contributed by atoms with Crippen LogP contribution in [0.4, 0.5) is 0 Å². The summed E-state index contributed by atoms with van der Waals surface area (Å²) in [7, 11) is -3.38. The molecule has 1 fully saturated rings. The Morgan fingerprint density at radius 1 is 1.04 bits per heavy atom. The van der Waals surface area contributed by atoms with Crippen LogP contribution in [0.25, 0.3) is 0 Å². The third-order valence-corrected chi connectivity index (χ3v) is 5.57. The van der Waals surface area contributed by atoms with E-state index in [2.05, 4.69) is 10.6 Å². The maximum absolute atomic E-state index is 12.5. The van der Waals surface area contributed by atoms with Crippen molar-refractivity contribution in [1.82, 2.24) is 10.6 Å². The number of carbonyl (C=O) groups is 2. The second-order valence-corrected chi connectivity index (χ2v) is 8.89. The van der Waals surface area contributed by atoms with E-state index in [9.17, 15) is 18.0 Å². The SMILES string of the molecule is Cc1ccc(S(C)(=O)=O)cc1C(=O)NCc1ccc(C(=O)NC2CC2)cc1. The zero-order valence-corrected chi connectivity index (χ0v) is 16.1. The van der Waals surface area contributed by atoms with Crippen molar-refractivity contribution >= 4 is 21.7 Å². The molecule has 2 N–H and O–H groups in total. The van der Waals surface area contributed by atoms with E-state index in [1.807, 2.05) is 0 Å². The first-order chi connectivity index (χ1) is 12.7. The Hall–Kier alpha value is -2.67. The minimum absolute atomic E-state index is 0.0821. The van der Waals surface area contributed by atoms with E-state index >= 15 is 0 Å². The number of rotatable bonds is 6. The summed E-state index contributed by atoms with van der Waals surface area (Å²) in [5.41, 5.74) is 2.47. The second kappa shape index (κ2) is 7.52. The van der Waals surface area contributed by atoms with Crippen molar-refractivity contribution in [3.8, 4) is 0 Å². The number of benzene rings is 2. The fraction of sp³-hybridized carbons (Fsp3) is 0.300. The monoisotopic (exact) mass is 386 g/mol. The van der Waals surface area contributed by atoms with Gasteiger partial charge in [-0.3, -0.25) is 9.59 Å². The smallest absolute Gasteiger partial charge is 0.251 e. The van der Waals surface area contributed by atoms with Gasteiger partial charge in [0.1, 0.15) is 0 Å². The molecule has 1 aliphatic carbocycles. The third-order valence-electron chi connectivity index (χ3n) is 4.46. The zero-order valence-electron chi connectivity index (χ0n) is 15.3. The van der Waals surface area contributed by atoms with Gasteiger partial charge in [0.25, 0.3) is 11.8 Å². The first-order valence-corrected chi connectivity index (χ1v) is 10.6. The third kappa shape index (κ3) is 4.95. The maximum atomic E-state index is 12.5. The number of carbonyl (C=O) groups excluding carboxylic acids is 2. The number of hydrogen-bond acceptors (Lipinski definition) is 4. The lowest BCUT2D eigenvalue weighted by Crippen LogP contribution is -2.25. The summed E-state index contributed by atoms with van der Waals surface area (Å²) in [6, 6.07) is 11.9. The van der Waals surface area contributed by atoms with Crippen molar-refractivity contribution in [2.45, 2.75) is 37.2 Å². The quantitative estimate of drug-likeness (QED) is 0.796. The van der Waals surface area contributed by atoms with E-state index in [-0.39, 0.29) is 23.3 Å². The number of aryl methyl sites for hydroxylation is 1. The lowest BCUT2D eigenvalue weighted by atomic mass is 10.1. The van der Waals surface area contributed by atoms with E-state index in [1.165, 1.54) is 12.1 Å². The van der Waals surface area contributed by atoms with E-state index < -0.39 is 9.84 Å². The molecule has 1 aliphatic rings. The van der Waals surface area contributed by atoms with Gasteiger partial charge >= 0.3 is 0 Å². The molecule has 0 radical (unpaired) electrons. The average molecular weight is 386 g/mol. The van der Waals surface area contributed by atoms with Crippen LogP contribution in [-0.4, -0.2) is 32.5 Å². The molecule has 0 aromatic heterocycles. The van der Waals surface area contributed by atoms with Crippen LogP contribution in [0.5, 0.6) is 0 Å². The number of hydrogen-bond donors (Lipinski definition) is 2. The summed E-state index contributed by atoms with van der Waals surface area (Å²) in [6.07, 6.45) is 3.19. The zero-order chi connectivity index (χ0) is 19.6. The van der Waals surface area contributed by atoms with E-state index in [0.29, 0.717) is 22.7 Å². The van der Waals surface area contributed by atoms with Gasteiger partial charge in [0.05, 0.1) is 4.90 Å². The first kappa shape index (κ1) is 19.1. The van der Waals surface area contributed by atoms with Crippen molar-refractivity contribution in [2.75, 3.05) is 6.26 Å². The minimum atomic E-state index is -3.38. The topological polar surface area (TPSA) is 92.3 Å². The van der Waals surface area contributed by atoms with Crippen LogP contribution in [0.1, 0.15) is 44.7 Å². The Morgan fingerprint density at radius 2 is 1.70 bits per heavy atom. The van der Waals surface area contributed by atoms with Crippen LogP contribution in [0, 0.1) is 6.92 Å². The van der Waals surface area contributed by atoms with E-state index in [0.717, 1.165) is 24.7 Å². The van der Waals surface area contributed by atoms with Crippen LogP contribution < -0.4 is 10.6 Å². The molecule has 0 heterocycles. The van der Waals surface area contributed by atoms with Gasteiger partial charge in [0, 0.05) is 30.0 Å². The van der Waals surface area contributed by atoms with Crippen molar-refractivity contribution in [1.29, 1.82) is 0 Å². The predicted octanol–water partition coefficient (Wildman–Crippen LogP) is 2.22. The highest BCUT2D eigenvalue weighted by molar-refractivity contribution is 7.90. The Kier molecular flexibility index (Phi) is 5.32. The maximum Gasteiger partial charge on any atom is 0.251 e. The summed E-state index contributed by atoms with van der Waals surface area (Å²) in [6.45, 7) is 2.04. The molecule has 27 heavy (non-hydrogen) atoms. The fourth-order valence-corrected chi connectivity index (χ4v) is 3.27. The minimum Gasteiger partial charge on any atom is -0.349 e. The molecule has 0 unspecified atom stereocenters. The number of nitrogens with one attached hydrogen (secondary N) is 2. The molecule has 142 valence electrons. The molecule has 0 bridgehead atoms. The molecule has 6 nitrogen and oxygen atoms in total. The van der Waals surface area contributed by atoms with Gasteiger partial charge in [-0.15, -0.1) is 0 Å². The summed E-state index contributed by atoms with van der Waals surface area (Å²) in [5.74, 6) is -0.421. The lowest BCUT2D eigenvalue weighted by molar-refractivity contribution is 0.0941. The molecule has 0 saturated heterocycles. The highest BCUT2D eigenvalue weighted by atomic mass is 32.2. The molecule has 0 spiro atoms. The van der Waals surface area contributed by atoms with Crippen LogP contribution >= 0.6 is 0 Å². The molecule has 2 aromatic rings. The van der Waals surface area contributed by atoms with Crippen molar-refractivity contribution in [3.63, 3.8) is 0 Å². The summed E-state index contributed by atoms with van der Waals surface area (Å²) >= 11 is 0. The van der Waals surface area contributed by atoms with Crippen molar-refractivity contribution < 1.29 is 18.0 Å². The standard InChI is InChI=1S/C20H22N2O4S/c1-13-3-10-17(27(2,25)26)11-18(13)20(24)21-12-14-4-6-15(7-5-14)19(23)22-16-8-9-16/h3-7,10-11,16H,8-9,12H2,1-2H3,(H,21,24)(H,22,23). The summed E-state index contributed by atoms with van der Waals surface area (Å²) < 4.78 is 23.4. The van der Waals surface area contributed by atoms with Crippen LogP contribution in [0.15, 0.2) is 47.4 Å². The largest absolute Gasteiger partial charge is 0.349 e. The molecule has 3 rings (SSSR count). The highest BCUT2D eigenvalue weighted by Crippen LogP contribution is 2.19. The summed E-state index contributed by atoms with van der Waals surface area (Å²) in [5, 5.41) is 5.72.